The van der Waals surface area contributed by atoms with E-state index in [9.17, 15) is 17.2 Å². The predicted molar refractivity (Wildman–Crippen MR) is 62.0 cm³/mol. The van der Waals surface area contributed by atoms with E-state index in [1.54, 1.807) is 6.07 Å². The Morgan fingerprint density at radius 1 is 1.12 bits per heavy atom. The minimum atomic E-state index is -3.31. The van der Waals surface area contributed by atoms with E-state index in [0.29, 0.717) is 10.8 Å². The fourth-order valence-electron chi connectivity index (χ4n) is 1.71. The molecule has 0 unspecified atom stereocenters. The second-order valence-corrected chi connectivity index (χ2v) is 5.82. The van der Waals surface area contributed by atoms with Gasteiger partial charge in [0.15, 0.2) is 9.84 Å². The number of hydrogen-bond acceptors (Lipinski definition) is 2. The van der Waals surface area contributed by atoms with E-state index in [1.165, 1.54) is 30.3 Å². The summed E-state index contributed by atoms with van der Waals surface area (Å²) in [6.07, 6.45) is -1.48. The monoisotopic (exact) mass is 256 g/mol. The third-order valence-corrected chi connectivity index (χ3v) is 3.66. The molecule has 0 aliphatic rings. The highest BCUT2D eigenvalue weighted by molar-refractivity contribution is 7.90. The first kappa shape index (κ1) is 12.0. The van der Waals surface area contributed by atoms with Gasteiger partial charge in [0.25, 0.3) is 6.43 Å². The Bertz CT molecular complexity index is 663. The highest BCUT2D eigenvalue weighted by Gasteiger charge is 2.13. The molecule has 0 saturated heterocycles. The molecule has 0 saturated carbocycles. The third-order valence-electron chi connectivity index (χ3n) is 2.55. The van der Waals surface area contributed by atoms with Crippen molar-refractivity contribution in [3.05, 3.63) is 42.0 Å². The molecule has 2 nitrogen and oxygen atoms in total. The van der Waals surface area contributed by atoms with Crippen LogP contribution >= 0.6 is 0 Å². The lowest BCUT2D eigenvalue weighted by Gasteiger charge is -2.06. The van der Waals surface area contributed by atoms with Crippen LogP contribution in [-0.4, -0.2) is 14.7 Å². The fourth-order valence-corrected chi connectivity index (χ4v) is 2.36. The normalized spacial score (nSPS) is 12.2. The molecule has 0 aliphatic carbocycles. The number of rotatable bonds is 2. The molecule has 5 heteroatoms. The average Bonchev–Trinajstić information content (AvgIpc) is 2.26. The van der Waals surface area contributed by atoms with E-state index < -0.39 is 16.3 Å². The Morgan fingerprint density at radius 2 is 1.82 bits per heavy atom. The van der Waals surface area contributed by atoms with Gasteiger partial charge in [-0.25, -0.2) is 17.2 Å². The van der Waals surface area contributed by atoms with Gasteiger partial charge in [-0.05, 0) is 22.9 Å². The lowest BCUT2D eigenvalue weighted by Crippen LogP contribution is -1.97. The van der Waals surface area contributed by atoms with Gasteiger partial charge in [0.05, 0.1) is 4.90 Å². The Hall–Kier alpha value is -1.49. The van der Waals surface area contributed by atoms with E-state index in [0.717, 1.165) is 6.26 Å². The van der Waals surface area contributed by atoms with Crippen molar-refractivity contribution in [2.24, 2.45) is 0 Å². The van der Waals surface area contributed by atoms with Crippen LogP contribution in [0.5, 0.6) is 0 Å². The minimum Gasteiger partial charge on any atom is -0.224 e. The Kier molecular flexibility index (Phi) is 2.87. The first-order valence-electron chi connectivity index (χ1n) is 4.90. The number of alkyl halides is 2. The maximum absolute atomic E-state index is 12.7. The number of benzene rings is 2. The lowest BCUT2D eigenvalue weighted by molar-refractivity contribution is 0.153. The first-order valence-corrected chi connectivity index (χ1v) is 6.79. The molecular weight excluding hydrogens is 246 g/mol. The summed E-state index contributed by atoms with van der Waals surface area (Å²) >= 11 is 0. The van der Waals surface area contributed by atoms with Gasteiger partial charge in [-0.15, -0.1) is 0 Å². The zero-order valence-corrected chi connectivity index (χ0v) is 9.84. The molecule has 2 rings (SSSR count). The predicted octanol–water partition coefficient (Wildman–Crippen LogP) is 3.18. The zero-order valence-electron chi connectivity index (χ0n) is 9.02. The van der Waals surface area contributed by atoms with E-state index in [4.69, 9.17) is 0 Å². The second-order valence-electron chi connectivity index (χ2n) is 3.80. The van der Waals surface area contributed by atoms with Crippen molar-refractivity contribution in [3.63, 3.8) is 0 Å². The van der Waals surface area contributed by atoms with Crippen molar-refractivity contribution >= 4 is 20.6 Å². The van der Waals surface area contributed by atoms with Gasteiger partial charge in [0.1, 0.15) is 0 Å². The fraction of sp³-hybridized carbons (Fsp3) is 0.167. The number of hydrogen-bond donors (Lipinski definition) is 0. The maximum Gasteiger partial charge on any atom is 0.264 e. The third kappa shape index (κ3) is 2.29. The SMILES string of the molecule is CS(=O)(=O)c1ccc2c(C(F)F)cccc2c1. The van der Waals surface area contributed by atoms with Crippen molar-refractivity contribution in [3.8, 4) is 0 Å². The van der Waals surface area contributed by atoms with Crippen LogP contribution in [0.25, 0.3) is 10.8 Å². The molecule has 0 fully saturated rings. The van der Waals surface area contributed by atoms with Crippen LogP contribution in [-0.2, 0) is 9.84 Å². The van der Waals surface area contributed by atoms with Crippen molar-refractivity contribution in [2.45, 2.75) is 11.3 Å². The lowest BCUT2D eigenvalue weighted by atomic mass is 10.1. The smallest absolute Gasteiger partial charge is 0.224 e. The minimum absolute atomic E-state index is 0.0810. The van der Waals surface area contributed by atoms with Crippen LogP contribution in [0, 0.1) is 0 Å². The maximum atomic E-state index is 12.7. The van der Waals surface area contributed by atoms with Crippen LogP contribution < -0.4 is 0 Å². The standard InChI is InChI=1S/C12H10F2O2S/c1-17(15,16)9-5-6-10-8(7-9)3-2-4-11(10)12(13)14/h2-7,12H,1H3. The van der Waals surface area contributed by atoms with Gasteiger partial charge < -0.3 is 0 Å². The summed E-state index contributed by atoms with van der Waals surface area (Å²) in [5.74, 6) is 0. The van der Waals surface area contributed by atoms with Crippen molar-refractivity contribution < 1.29 is 17.2 Å². The molecule has 0 amide bonds. The molecule has 0 N–H and O–H groups in total. The summed E-state index contributed by atoms with van der Waals surface area (Å²) in [5, 5.41) is 0.889. The largest absolute Gasteiger partial charge is 0.264 e. The van der Waals surface area contributed by atoms with E-state index in [-0.39, 0.29) is 10.5 Å². The molecule has 0 aromatic heterocycles. The van der Waals surface area contributed by atoms with Crippen molar-refractivity contribution in [2.75, 3.05) is 6.26 Å². The molecular formula is C12H10F2O2S. The molecule has 17 heavy (non-hydrogen) atoms. The van der Waals surface area contributed by atoms with Gasteiger partial charge >= 0.3 is 0 Å². The van der Waals surface area contributed by atoms with E-state index >= 15 is 0 Å². The Morgan fingerprint density at radius 3 is 2.41 bits per heavy atom. The average molecular weight is 256 g/mol. The summed E-state index contributed by atoms with van der Waals surface area (Å²) in [4.78, 5) is 0.136. The van der Waals surface area contributed by atoms with Crippen molar-refractivity contribution in [1.29, 1.82) is 0 Å². The van der Waals surface area contributed by atoms with Gasteiger partial charge in [-0.3, -0.25) is 0 Å². The molecule has 90 valence electrons. The molecule has 2 aromatic rings. The summed E-state index contributed by atoms with van der Waals surface area (Å²) in [5.41, 5.74) is -0.0810. The van der Waals surface area contributed by atoms with Gasteiger partial charge in [-0.2, -0.15) is 0 Å². The van der Waals surface area contributed by atoms with E-state index in [1.807, 2.05) is 0 Å². The number of halogens is 2. The quantitative estimate of drug-likeness (QED) is 0.827. The highest BCUT2D eigenvalue weighted by Crippen LogP contribution is 2.29. The molecule has 2 aromatic carbocycles. The zero-order chi connectivity index (χ0) is 12.6. The Balaban J connectivity index is 2.74. The van der Waals surface area contributed by atoms with E-state index in [2.05, 4.69) is 0 Å². The first-order chi connectivity index (χ1) is 7.89. The van der Waals surface area contributed by atoms with Gasteiger partial charge in [0, 0.05) is 11.8 Å². The van der Waals surface area contributed by atoms with Crippen LogP contribution in [0.1, 0.15) is 12.0 Å². The van der Waals surface area contributed by atoms with Crippen LogP contribution in [0.3, 0.4) is 0 Å². The molecule has 0 atom stereocenters. The molecule has 0 heterocycles. The number of sulfone groups is 1. The molecule has 0 spiro atoms. The van der Waals surface area contributed by atoms with Crippen molar-refractivity contribution in [1.82, 2.24) is 0 Å². The van der Waals surface area contributed by atoms with Crippen LogP contribution in [0.2, 0.25) is 0 Å². The highest BCUT2D eigenvalue weighted by atomic mass is 32.2. The molecule has 0 bridgehead atoms. The number of fused-ring (bicyclic) bond motifs is 1. The second kappa shape index (κ2) is 4.07. The summed E-state index contributed by atoms with van der Waals surface area (Å²) < 4.78 is 48.1. The topological polar surface area (TPSA) is 34.1 Å². The summed E-state index contributed by atoms with van der Waals surface area (Å²) in [6.45, 7) is 0. The molecule has 0 radical (unpaired) electrons. The summed E-state index contributed by atoms with van der Waals surface area (Å²) in [6, 6.07) is 8.65. The van der Waals surface area contributed by atoms with Gasteiger partial charge in [-0.1, -0.05) is 24.3 Å². The van der Waals surface area contributed by atoms with Gasteiger partial charge in [0.2, 0.25) is 0 Å². The van der Waals surface area contributed by atoms with Crippen LogP contribution in [0.4, 0.5) is 8.78 Å². The van der Waals surface area contributed by atoms with Crippen LogP contribution in [0.15, 0.2) is 41.3 Å². The molecule has 0 aliphatic heterocycles. The summed E-state index contributed by atoms with van der Waals surface area (Å²) in [7, 11) is -3.31. The Labute approximate surface area is 97.8 Å².